The lowest BCUT2D eigenvalue weighted by molar-refractivity contribution is -0.139. The highest BCUT2D eigenvalue weighted by molar-refractivity contribution is 5.77. The third-order valence-electron chi connectivity index (χ3n) is 3.15. The summed E-state index contributed by atoms with van der Waals surface area (Å²) in [4.78, 5) is 24.1. The fourth-order valence-corrected chi connectivity index (χ4v) is 1.89. The van der Waals surface area contributed by atoms with Crippen LogP contribution in [-0.2, 0) is 9.53 Å². The van der Waals surface area contributed by atoms with Gasteiger partial charge in [0, 0.05) is 20.7 Å². The van der Waals surface area contributed by atoms with Crippen LogP contribution in [0.2, 0.25) is 0 Å². The molecule has 1 aliphatic rings. The summed E-state index contributed by atoms with van der Waals surface area (Å²) in [5.74, 6) is -0.871. The number of urea groups is 1. The van der Waals surface area contributed by atoms with E-state index in [4.69, 9.17) is 9.84 Å². The highest BCUT2D eigenvalue weighted by atomic mass is 16.5. The number of ether oxygens (including phenoxy) is 1. The van der Waals surface area contributed by atoms with Crippen LogP contribution in [0.5, 0.6) is 0 Å². The van der Waals surface area contributed by atoms with Crippen molar-refractivity contribution in [3.05, 3.63) is 0 Å². The number of hydrogen-bond acceptors (Lipinski definition) is 3. The minimum absolute atomic E-state index is 0.00312. The molecule has 0 radical (unpaired) electrons. The van der Waals surface area contributed by atoms with Gasteiger partial charge in [-0.25, -0.2) is 4.79 Å². The number of carboxylic acid groups (broad SMARTS) is 1. The molecule has 0 bridgehead atoms. The first-order valence-corrected chi connectivity index (χ1v) is 5.73. The van der Waals surface area contributed by atoms with E-state index in [1.54, 1.807) is 14.2 Å². The van der Waals surface area contributed by atoms with Crippen LogP contribution in [0.15, 0.2) is 0 Å². The van der Waals surface area contributed by atoms with Gasteiger partial charge in [-0.15, -0.1) is 0 Å². The van der Waals surface area contributed by atoms with E-state index in [9.17, 15) is 9.59 Å². The highest BCUT2D eigenvalue weighted by Gasteiger charge is 2.40. The molecule has 2 N–H and O–H groups in total. The number of likely N-dealkylation sites (N-methyl/N-ethyl adjacent to an activating group) is 1. The molecular weight excluding hydrogens is 224 g/mol. The van der Waals surface area contributed by atoms with Crippen molar-refractivity contribution in [3.8, 4) is 0 Å². The Bertz CT molecular complexity index is 289. The molecule has 0 aliphatic heterocycles. The second kappa shape index (κ2) is 5.86. The summed E-state index contributed by atoms with van der Waals surface area (Å²) in [5.41, 5.74) is -0.537. The van der Waals surface area contributed by atoms with Crippen molar-refractivity contribution in [2.75, 3.05) is 27.3 Å². The van der Waals surface area contributed by atoms with Gasteiger partial charge in [-0.1, -0.05) is 0 Å². The van der Waals surface area contributed by atoms with E-state index in [1.807, 2.05) is 0 Å². The predicted octanol–water partition coefficient (Wildman–Crippen LogP) is 0.672. The number of nitrogens with zero attached hydrogens (tertiary/aromatic N) is 1. The van der Waals surface area contributed by atoms with E-state index < -0.39 is 11.5 Å². The summed E-state index contributed by atoms with van der Waals surface area (Å²) in [7, 11) is 3.24. The maximum atomic E-state index is 11.8. The Hall–Kier alpha value is -1.30. The third kappa shape index (κ3) is 3.89. The first-order valence-electron chi connectivity index (χ1n) is 5.73. The SMILES string of the molecule is COCCN(C)C(=O)NC1(CC(=O)O)CCC1. The second-order valence-corrected chi connectivity index (χ2v) is 4.55. The van der Waals surface area contributed by atoms with Crippen molar-refractivity contribution >= 4 is 12.0 Å². The number of nitrogens with one attached hydrogen (secondary N) is 1. The summed E-state index contributed by atoms with van der Waals surface area (Å²) in [5, 5.41) is 11.6. The molecule has 98 valence electrons. The summed E-state index contributed by atoms with van der Waals surface area (Å²) < 4.78 is 4.88. The molecule has 1 rings (SSSR count). The van der Waals surface area contributed by atoms with Crippen molar-refractivity contribution in [3.63, 3.8) is 0 Å². The Kier molecular flexibility index (Phi) is 4.74. The minimum atomic E-state index is -0.871. The lowest BCUT2D eigenvalue weighted by atomic mass is 9.74. The van der Waals surface area contributed by atoms with Gasteiger partial charge in [-0.05, 0) is 19.3 Å². The number of carboxylic acids is 1. The molecule has 0 atom stereocenters. The molecule has 6 heteroatoms. The number of carbonyl (C=O) groups is 2. The Morgan fingerprint density at radius 1 is 1.47 bits per heavy atom. The maximum Gasteiger partial charge on any atom is 0.317 e. The predicted molar refractivity (Wildman–Crippen MR) is 61.9 cm³/mol. The zero-order chi connectivity index (χ0) is 12.9. The van der Waals surface area contributed by atoms with Crippen LogP contribution in [-0.4, -0.2) is 54.9 Å². The molecule has 0 spiro atoms. The first kappa shape index (κ1) is 13.8. The van der Waals surface area contributed by atoms with Crippen molar-refractivity contribution in [2.45, 2.75) is 31.2 Å². The molecule has 6 nitrogen and oxygen atoms in total. The van der Waals surface area contributed by atoms with Gasteiger partial charge in [0.1, 0.15) is 0 Å². The van der Waals surface area contributed by atoms with Crippen molar-refractivity contribution in [1.29, 1.82) is 0 Å². The average molecular weight is 244 g/mol. The molecule has 0 aromatic carbocycles. The van der Waals surface area contributed by atoms with Crippen molar-refractivity contribution in [2.24, 2.45) is 0 Å². The normalized spacial score (nSPS) is 17.1. The fourth-order valence-electron chi connectivity index (χ4n) is 1.89. The standard InChI is InChI=1S/C11H20N2O4/c1-13(6-7-17-2)10(16)12-11(4-3-5-11)8-9(14)15/h3-8H2,1-2H3,(H,12,16)(H,14,15). The van der Waals surface area contributed by atoms with Crippen LogP contribution >= 0.6 is 0 Å². The van der Waals surface area contributed by atoms with Crippen molar-refractivity contribution in [1.82, 2.24) is 10.2 Å². The maximum absolute atomic E-state index is 11.8. The van der Waals surface area contributed by atoms with E-state index in [2.05, 4.69) is 5.32 Å². The first-order chi connectivity index (χ1) is 7.99. The van der Waals surface area contributed by atoms with Gasteiger partial charge in [0.25, 0.3) is 0 Å². The summed E-state index contributed by atoms with van der Waals surface area (Å²) in [6.07, 6.45) is 2.44. The summed E-state index contributed by atoms with van der Waals surface area (Å²) in [6.45, 7) is 0.960. The topological polar surface area (TPSA) is 78.9 Å². The lowest BCUT2D eigenvalue weighted by Crippen LogP contribution is -2.57. The molecule has 0 saturated heterocycles. The van der Waals surface area contributed by atoms with E-state index in [1.165, 1.54) is 4.90 Å². The molecule has 0 aromatic heterocycles. The van der Waals surface area contributed by atoms with E-state index in [0.29, 0.717) is 13.2 Å². The van der Waals surface area contributed by atoms with Crippen LogP contribution in [0.1, 0.15) is 25.7 Å². The van der Waals surface area contributed by atoms with Crippen LogP contribution in [0.3, 0.4) is 0 Å². The van der Waals surface area contributed by atoms with E-state index in [-0.39, 0.29) is 12.5 Å². The monoisotopic (exact) mass is 244 g/mol. The Morgan fingerprint density at radius 3 is 2.53 bits per heavy atom. The molecular formula is C11H20N2O4. The lowest BCUT2D eigenvalue weighted by Gasteiger charge is -2.42. The quantitative estimate of drug-likeness (QED) is 0.720. The smallest absolute Gasteiger partial charge is 0.317 e. The van der Waals surface area contributed by atoms with Gasteiger partial charge in [-0.3, -0.25) is 4.79 Å². The van der Waals surface area contributed by atoms with E-state index >= 15 is 0 Å². The largest absolute Gasteiger partial charge is 0.481 e. The molecule has 1 fully saturated rings. The zero-order valence-corrected chi connectivity index (χ0v) is 10.4. The van der Waals surface area contributed by atoms with Gasteiger partial charge in [-0.2, -0.15) is 0 Å². The number of carbonyl (C=O) groups excluding carboxylic acids is 1. The number of amides is 2. The van der Waals surface area contributed by atoms with Crippen molar-refractivity contribution < 1.29 is 19.4 Å². The molecule has 1 aliphatic carbocycles. The van der Waals surface area contributed by atoms with Crippen LogP contribution in [0, 0.1) is 0 Å². The summed E-state index contributed by atoms with van der Waals surface area (Å²) in [6, 6.07) is -0.233. The zero-order valence-electron chi connectivity index (χ0n) is 10.4. The molecule has 0 aromatic rings. The molecule has 0 unspecified atom stereocenters. The number of rotatable bonds is 6. The number of hydrogen-bond donors (Lipinski definition) is 2. The second-order valence-electron chi connectivity index (χ2n) is 4.55. The average Bonchev–Trinajstić information content (AvgIpc) is 2.21. The Balaban J connectivity index is 2.45. The van der Waals surface area contributed by atoms with Crippen LogP contribution < -0.4 is 5.32 Å². The molecule has 1 saturated carbocycles. The highest BCUT2D eigenvalue weighted by Crippen LogP contribution is 2.34. The summed E-state index contributed by atoms with van der Waals surface area (Å²) >= 11 is 0. The van der Waals surface area contributed by atoms with E-state index in [0.717, 1.165) is 19.3 Å². The number of methoxy groups -OCH3 is 1. The van der Waals surface area contributed by atoms with Gasteiger partial charge in [0.05, 0.1) is 18.6 Å². The van der Waals surface area contributed by atoms with Gasteiger partial charge >= 0.3 is 12.0 Å². The van der Waals surface area contributed by atoms with Crippen LogP contribution in [0.4, 0.5) is 4.79 Å². The van der Waals surface area contributed by atoms with Gasteiger partial charge in [0.15, 0.2) is 0 Å². The van der Waals surface area contributed by atoms with Crippen LogP contribution in [0.25, 0.3) is 0 Å². The fraction of sp³-hybridized carbons (Fsp3) is 0.818. The Morgan fingerprint density at radius 2 is 2.12 bits per heavy atom. The van der Waals surface area contributed by atoms with Gasteiger partial charge < -0.3 is 20.1 Å². The Labute approximate surface area is 101 Å². The van der Waals surface area contributed by atoms with Gasteiger partial charge in [0.2, 0.25) is 0 Å². The third-order valence-corrected chi connectivity index (χ3v) is 3.15. The minimum Gasteiger partial charge on any atom is -0.481 e. The molecule has 2 amide bonds. The molecule has 0 heterocycles. The molecule has 17 heavy (non-hydrogen) atoms. The number of aliphatic carboxylic acids is 1.